The van der Waals surface area contributed by atoms with Crippen LogP contribution < -0.4 is 11.1 Å². The first kappa shape index (κ1) is 18.3. The Kier molecular flexibility index (Phi) is 10.8. The van der Waals surface area contributed by atoms with Gasteiger partial charge in [-0.25, -0.2) is 0 Å². The molecule has 0 aromatic carbocycles. The monoisotopic (exact) mass is 276 g/mol. The van der Waals surface area contributed by atoms with Crippen LogP contribution >= 0.6 is 0 Å². The highest BCUT2D eigenvalue weighted by molar-refractivity contribution is 5.77. The Bertz CT molecular complexity index is 229. The van der Waals surface area contributed by atoms with Crippen molar-refractivity contribution in [3.05, 3.63) is 0 Å². The van der Waals surface area contributed by atoms with Crippen LogP contribution in [0.5, 0.6) is 0 Å². The maximum atomic E-state index is 11.4. The van der Waals surface area contributed by atoms with Crippen LogP contribution in [0.25, 0.3) is 0 Å². The van der Waals surface area contributed by atoms with Crippen molar-refractivity contribution in [1.82, 2.24) is 5.32 Å². The van der Waals surface area contributed by atoms with Crippen LogP contribution in [0.15, 0.2) is 0 Å². The molecule has 0 radical (unpaired) electrons. The number of carbonyl (C=O) groups is 1. The lowest BCUT2D eigenvalue weighted by Crippen LogP contribution is -2.34. The highest BCUT2D eigenvalue weighted by atomic mass is 16.5. The lowest BCUT2D eigenvalue weighted by molar-refractivity contribution is -0.126. The zero-order valence-electron chi connectivity index (χ0n) is 12.4. The van der Waals surface area contributed by atoms with Gasteiger partial charge in [0.15, 0.2) is 0 Å². The predicted octanol–water partition coefficient (Wildman–Crippen LogP) is 0.157. The van der Waals surface area contributed by atoms with E-state index in [1.54, 1.807) is 0 Å². The molecular formula is C13H28N2O4. The molecule has 0 heterocycles. The van der Waals surface area contributed by atoms with Gasteiger partial charge in [0, 0.05) is 13.1 Å². The summed E-state index contributed by atoms with van der Waals surface area (Å²) in [6.45, 7) is 9.88. The third kappa shape index (κ3) is 15.3. The molecule has 0 rings (SSSR count). The van der Waals surface area contributed by atoms with Crippen LogP contribution in [-0.4, -0.2) is 58.6 Å². The van der Waals surface area contributed by atoms with Crippen LogP contribution in [0.1, 0.15) is 20.8 Å². The molecule has 0 saturated heterocycles. The summed E-state index contributed by atoms with van der Waals surface area (Å²) in [7, 11) is 0. The predicted molar refractivity (Wildman–Crippen MR) is 74.0 cm³/mol. The fourth-order valence-electron chi connectivity index (χ4n) is 1.10. The van der Waals surface area contributed by atoms with Crippen molar-refractivity contribution in [2.24, 2.45) is 11.1 Å². The molecule has 0 spiro atoms. The Hall–Kier alpha value is -0.690. The Balaban J connectivity index is 3.23. The van der Waals surface area contributed by atoms with Gasteiger partial charge in [-0.05, 0) is 5.41 Å². The Morgan fingerprint density at radius 1 is 1.00 bits per heavy atom. The van der Waals surface area contributed by atoms with E-state index in [-0.39, 0.29) is 17.9 Å². The second-order valence-corrected chi connectivity index (χ2v) is 5.40. The molecular weight excluding hydrogens is 248 g/mol. The number of carbonyl (C=O) groups excluding carboxylic acids is 1. The lowest BCUT2D eigenvalue weighted by atomic mass is 9.97. The van der Waals surface area contributed by atoms with E-state index in [0.29, 0.717) is 46.1 Å². The van der Waals surface area contributed by atoms with Gasteiger partial charge >= 0.3 is 0 Å². The molecule has 0 aromatic rings. The first-order valence-corrected chi connectivity index (χ1v) is 6.66. The summed E-state index contributed by atoms with van der Waals surface area (Å²) in [5, 5.41) is 2.81. The smallest absolute Gasteiger partial charge is 0.246 e. The van der Waals surface area contributed by atoms with Gasteiger partial charge < -0.3 is 25.3 Å². The van der Waals surface area contributed by atoms with Gasteiger partial charge in [0.2, 0.25) is 5.91 Å². The largest absolute Gasteiger partial charge is 0.378 e. The minimum Gasteiger partial charge on any atom is -0.378 e. The molecule has 0 bridgehead atoms. The van der Waals surface area contributed by atoms with Crippen molar-refractivity contribution in [3.8, 4) is 0 Å². The van der Waals surface area contributed by atoms with Gasteiger partial charge in [0.05, 0.1) is 33.0 Å². The summed E-state index contributed by atoms with van der Waals surface area (Å²) in [5.74, 6) is -0.0961. The van der Waals surface area contributed by atoms with E-state index in [9.17, 15) is 4.79 Å². The fourth-order valence-corrected chi connectivity index (χ4v) is 1.10. The highest BCUT2D eigenvalue weighted by Gasteiger charge is 2.11. The van der Waals surface area contributed by atoms with Gasteiger partial charge in [-0.15, -0.1) is 0 Å². The van der Waals surface area contributed by atoms with Crippen molar-refractivity contribution in [2.45, 2.75) is 20.8 Å². The van der Waals surface area contributed by atoms with E-state index in [2.05, 4.69) is 26.1 Å². The van der Waals surface area contributed by atoms with Gasteiger partial charge in [0.25, 0.3) is 0 Å². The van der Waals surface area contributed by atoms with Crippen molar-refractivity contribution in [1.29, 1.82) is 0 Å². The standard InChI is InChI=1S/C13H28N2O4/c1-13(2,3)11-15-12(16)10-19-9-8-18-7-6-17-5-4-14/h4-11,14H2,1-3H3,(H,15,16). The molecule has 0 atom stereocenters. The molecule has 0 fully saturated rings. The number of ether oxygens (including phenoxy) is 3. The number of rotatable bonds is 11. The average Bonchev–Trinajstić information content (AvgIpc) is 2.33. The summed E-state index contributed by atoms with van der Waals surface area (Å²) >= 11 is 0. The summed E-state index contributed by atoms with van der Waals surface area (Å²) in [6, 6.07) is 0. The van der Waals surface area contributed by atoms with Gasteiger partial charge in [-0.2, -0.15) is 0 Å². The lowest BCUT2D eigenvalue weighted by Gasteiger charge is -2.18. The minimum absolute atomic E-state index is 0.0725. The molecule has 6 nitrogen and oxygen atoms in total. The molecule has 3 N–H and O–H groups in total. The molecule has 6 heteroatoms. The summed E-state index contributed by atoms with van der Waals surface area (Å²) < 4.78 is 15.6. The Morgan fingerprint density at radius 2 is 1.53 bits per heavy atom. The summed E-state index contributed by atoms with van der Waals surface area (Å²) in [6.07, 6.45) is 0. The number of hydrogen-bond donors (Lipinski definition) is 2. The van der Waals surface area contributed by atoms with Crippen molar-refractivity contribution < 1.29 is 19.0 Å². The van der Waals surface area contributed by atoms with Gasteiger partial charge in [-0.1, -0.05) is 20.8 Å². The number of nitrogens with two attached hydrogens (primary N) is 1. The zero-order chi connectivity index (χ0) is 14.6. The topological polar surface area (TPSA) is 82.8 Å². The van der Waals surface area contributed by atoms with Gasteiger partial charge in [0.1, 0.15) is 6.61 Å². The molecule has 114 valence electrons. The van der Waals surface area contributed by atoms with E-state index in [1.165, 1.54) is 0 Å². The normalized spacial score (nSPS) is 11.6. The van der Waals surface area contributed by atoms with Crippen molar-refractivity contribution in [2.75, 3.05) is 52.7 Å². The van der Waals surface area contributed by atoms with E-state index in [4.69, 9.17) is 19.9 Å². The Morgan fingerprint density at radius 3 is 2.05 bits per heavy atom. The zero-order valence-corrected chi connectivity index (χ0v) is 12.4. The molecule has 0 aromatic heterocycles. The van der Waals surface area contributed by atoms with Crippen molar-refractivity contribution in [3.63, 3.8) is 0 Å². The molecule has 0 aliphatic heterocycles. The first-order chi connectivity index (χ1) is 8.95. The van der Waals surface area contributed by atoms with Crippen LogP contribution in [-0.2, 0) is 19.0 Å². The van der Waals surface area contributed by atoms with Crippen LogP contribution in [0.3, 0.4) is 0 Å². The fraction of sp³-hybridized carbons (Fsp3) is 0.923. The highest BCUT2D eigenvalue weighted by Crippen LogP contribution is 2.09. The van der Waals surface area contributed by atoms with Crippen LogP contribution in [0.4, 0.5) is 0 Å². The second kappa shape index (κ2) is 11.2. The molecule has 0 aliphatic carbocycles. The number of amides is 1. The van der Waals surface area contributed by atoms with Crippen LogP contribution in [0, 0.1) is 5.41 Å². The maximum Gasteiger partial charge on any atom is 0.246 e. The molecule has 19 heavy (non-hydrogen) atoms. The molecule has 0 aliphatic rings. The Labute approximate surface area is 116 Å². The van der Waals surface area contributed by atoms with Crippen molar-refractivity contribution >= 4 is 5.91 Å². The number of nitrogens with one attached hydrogen (secondary N) is 1. The minimum atomic E-state index is -0.0961. The second-order valence-electron chi connectivity index (χ2n) is 5.40. The average molecular weight is 276 g/mol. The maximum absolute atomic E-state index is 11.4. The quantitative estimate of drug-likeness (QED) is 0.525. The molecule has 0 saturated carbocycles. The van der Waals surface area contributed by atoms with E-state index < -0.39 is 0 Å². The molecule has 0 unspecified atom stereocenters. The van der Waals surface area contributed by atoms with E-state index in [1.807, 2.05) is 0 Å². The van der Waals surface area contributed by atoms with Crippen LogP contribution in [0.2, 0.25) is 0 Å². The summed E-state index contributed by atoms with van der Waals surface area (Å²) in [5.41, 5.74) is 5.35. The third-order valence-corrected chi connectivity index (χ3v) is 2.06. The van der Waals surface area contributed by atoms with E-state index in [0.717, 1.165) is 0 Å². The SMILES string of the molecule is CC(C)(C)CNC(=O)COCCOCCOCCN. The first-order valence-electron chi connectivity index (χ1n) is 6.66. The third-order valence-electron chi connectivity index (χ3n) is 2.06. The number of hydrogen-bond acceptors (Lipinski definition) is 5. The molecule has 1 amide bonds. The summed E-state index contributed by atoms with van der Waals surface area (Å²) in [4.78, 5) is 11.4. The van der Waals surface area contributed by atoms with E-state index >= 15 is 0 Å². The van der Waals surface area contributed by atoms with Gasteiger partial charge in [-0.3, -0.25) is 4.79 Å².